The summed E-state index contributed by atoms with van der Waals surface area (Å²) in [4.78, 5) is 17.2. The van der Waals surface area contributed by atoms with Crippen molar-refractivity contribution in [3.8, 4) is 0 Å². The summed E-state index contributed by atoms with van der Waals surface area (Å²) in [5.74, 6) is 0.172. The zero-order valence-corrected chi connectivity index (χ0v) is 15.0. The van der Waals surface area contributed by atoms with Gasteiger partial charge in [0.25, 0.3) is 0 Å². The number of carbonyl (C=O) groups is 1. The molecule has 2 heterocycles. The van der Waals surface area contributed by atoms with Gasteiger partial charge < -0.3 is 5.32 Å². The quantitative estimate of drug-likeness (QED) is 0.869. The van der Waals surface area contributed by atoms with Crippen LogP contribution < -0.4 is 5.32 Å². The van der Waals surface area contributed by atoms with Gasteiger partial charge in [-0.25, -0.2) is 0 Å². The fourth-order valence-corrected chi connectivity index (χ4v) is 4.07. The predicted octanol–water partition coefficient (Wildman–Crippen LogP) is 2.21. The highest BCUT2D eigenvalue weighted by Gasteiger charge is 2.27. The number of benzene rings is 1. The minimum absolute atomic E-state index is 0.172. The average Bonchev–Trinajstić information content (AvgIpc) is 3.11. The Morgan fingerprint density at radius 1 is 1.17 bits per heavy atom. The van der Waals surface area contributed by atoms with E-state index in [-0.39, 0.29) is 5.91 Å². The van der Waals surface area contributed by atoms with Gasteiger partial charge in [0.15, 0.2) is 0 Å². The van der Waals surface area contributed by atoms with Gasteiger partial charge in [0.1, 0.15) is 0 Å². The molecule has 1 unspecified atom stereocenters. The third kappa shape index (κ3) is 4.81. The summed E-state index contributed by atoms with van der Waals surface area (Å²) in [5, 5.41) is 3.10. The lowest BCUT2D eigenvalue weighted by molar-refractivity contribution is -0.122. The topological polar surface area (TPSA) is 35.6 Å². The first-order chi connectivity index (χ1) is 11.7. The Morgan fingerprint density at radius 2 is 1.96 bits per heavy atom. The van der Waals surface area contributed by atoms with Crippen LogP contribution in [0.15, 0.2) is 24.3 Å². The Kier molecular flexibility index (Phi) is 6.27. The highest BCUT2D eigenvalue weighted by atomic mass is 16.2. The molecule has 0 aromatic heterocycles. The second kappa shape index (κ2) is 8.63. The van der Waals surface area contributed by atoms with Crippen LogP contribution in [-0.4, -0.2) is 61.0 Å². The lowest BCUT2D eigenvalue weighted by atomic mass is 10.0. The molecule has 2 fully saturated rings. The summed E-state index contributed by atoms with van der Waals surface area (Å²) < 4.78 is 0. The summed E-state index contributed by atoms with van der Waals surface area (Å²) in [6.07, 6.45) is 6.11. The van der Waals surface area contributed by atoms with Gasteiger partial charge >= 0.3 is 0 Å². The first kappa shape index (κ1) is 17.4. The van der Waals surface area contributed by atoms with Crippen molar-refractivity contribution < 1.29 is 4.79 Å². The van der Waals surface area contributed by atoms with Crippen molar-refractivity contribution in [3.05, 3.63) is 35.4 Å². The first-order valence-corrected chi connectivity index (χ1v) is 9.50. The third-order valence-electron chi connectivity index (χ3n) is 5.48. The number of amides is 1. The van der Waals surface area contributed by atoms with E-state index in [0.717, 1.165) is 26.1 Å². The maximum Gasteiger partial charge on any atom is 0.234 e. The summed E-state index contributed by atoms with van der Waals surface area (Å²) >= 11 is 0. The van der Waals surface area contributed by atoms with Gasteiger partial charge in [-0.05, 0) is 69.8 Å². The van der Waals surface area contributed by atoms with Crippen molar-refractivity contribution in [1.82, 2.24) is 15.1 Å². The number of nitrogens with one attached hydrogen (secondary N) is 1. The lowest BCUT2D eigenvalue weighted by Crippen LogP contribution is -2.49. The standard InChI is InChI=1S/C20H31N3O/c1-17-7-2-3-8-18(17)10-11-21-20(24)16-22-12-6-9-19(15-22)23-13-4-5-14-23/h2-3,7-8,19H,4-6,9-16H2,1H3,(H,21,24). The minimum atomic E-state index is 0.172. The van der Waals surface area contributed by atoms with E-state index in [1.807, 2.05) is 0 Å². The molecule has 1 aromatic carbocycles. The Hall–Kier alpha value is -1.39. The molecule has 1 atom stereocenters. The zero-order chi connectivity index (χ0) is 16.8. The Labute approximate surface area is 146 Å². The second-order valence-electron chi connectivity index (χ2n) is 7.30. The van der Waals surface area contributed by atoms with E-state index in [0.29, 0.717) is 12.6 Å². The van der Waals surface area contributed by atoms with E-state index in [1.54, 1.807) is 0 Å². The van der Waals surface area contributed by atoms with Crippen molar-refractivity contribution in [1.29, 1.82) is 0 Å². The van der Waals surface area contributed by atoms with Crippen LogP contribution in [0.1, 0.15) is 36.8 Å². The number of hydrogen-bond donors (Lipinski definition) is 1. The largest absolute Gasteiger partial charge is 0.355 e. The van der Waals surface area contributed by atoms with Crippen molar-refractivity contribution in [2.75, 3.05) is 39.3 Å². The molecule has 2 aliphatic rings. The molecule has 1 amide bonds. The van der Waals surface area contributed by atoms with E-state index < -0.39 is 0 Å². The number of aryl methyl sites for hydroxylation is 1. The van der Waals surface area contributed by atoms with Crippen LogP contribution in [0.25, 0.3) is 0 Å². The molecule has 1 aromatic rings. The van der Waals surface area contributed by atoms with Crippen LogP contribution in [0, 0.1) is 6.92 Å². The van der Waals surface area contributed by atoms with Gasteiger partial charge in [-0.1, -0.05) is 24.3 Å². The van der Waals surface area contributed by atoms with Gasteiger partial charge in [0.05, 0.1) is 6.54 Å². The van der Waals surface area contributed by atoms with Crippen molar-refractivity contribution >= 4 is 5.91 Å². The molecular weight excluding hydrogens is 298 g/mol. The molecule has 2 aliphatic heterocycles. The predicted molar refractivity (Wildman–Crippen MR) is 98.2 cm³/mol. The van der Waals surface area contributed by atoms with Gasteiger partial charge in [-0.15, -0.1) is 0 Å². The molecule has 0 saturated carbocycles. The molecule has 132 valence electrons. The van der Waals surface area contributed by atoms with E-state index in [1.165, 1.54) is 49.9 Å². The maximum absolute atomic E-state index is 12.2. The van der Waals surface area contributed by atoms with Gasteiger partial charge in [0, 0.05) is 19.1 Å². The monoisotopic (exact) mass is 329 g/mol. The Balaban J connectivity index is 1.39. The summed E-state index contributed by atoms with van der Waals surface area (Å²) in [6, 6.07) is 9.07. The van der Waals surface area contributed by atoms with Crippen molar-refractivity contribution in [3.63, 3.8) is 0 Å². The molecule has 4 heteroatoms. The van der Waals surface area contributed by atoms with E-state index in [2.05, 4.69) is 46.3 Å². The number of likely N-dealkylation sites (tertiary alicyclic amines) is 2. The number of nitrogens with zero attached hydrogens (tertiary/aromatic N) is 2. The molecule has 24 heavy (non-hydrogen) atoms. The van der Waals surface area contributed by atoms with Crippen LogP contribution in [0.4, 0.5) is 0 Å². The Bertz CT molecular complexity index is 539. The van der Waals surface area contributed by atoms with Gasteiger partial charge in [0.2, 0.25) is 5.91 Å². The second-order valence-corrected chi connectivity index (χ2v) is 7.30. The normalized spacial score (nSPS) is 22.6. The molecule has 4 nitrogen and oxygen atoms in total. The summed E-state index contributed by atoms with van der Waals surface area (Å²) in [7, 11) is 0. The lowest BCUT2D eigenvalue weighted by Gasteiger charge is -2.37. The van der Waals surface area contributed by atoms with Crippen molar-refractivity contribution in [2.24, 2.45) is 0 Å². The smallest absolute Gasteiger partial charge is 0.234 e. The van der Waals surface area contributed by atoms with Gasteiger partial charge in [-0.2, -0.15) is 0 Å². The Morgan fingerprint density at radius 3 is 2.75 bits per heavy atom. The highest BCUT2D eigenvalue weighted by Crippen LogP contribution is 2.20. The van der Waals surface area contributed by atoms with Crippen LogP contribution in [0.2, 0.25) is 0 Å². The number of carbonyl (C=O) groups excluding carboxylic acids is 1. The average molecular weight is 329 g/mol. The van der Waals surface area contributed by atoms with Gasteiger partial charge in [-0.3, -0.25) is 14.6 Å². The highest BCUT2D eigenvalue weighted by molar-refractivity contribution is 5.78. The molecular formula is C20H31N3O. The molecule has 0 spiro atoms. The molecule has 2 saturated heterocycles. The third-order valence-corrected chi connectivity index (χ3v) is 5.48. The maximum atomic E-state index is 12.2. The number of rotatable bonds is 6. The van der Waals surface area contributed by atoms with Crippen LogP contribution in [0.5, 0.6) is 0 Å². The summed E-state index contributed by atoms with van der Waals surface area (Å²) in [5.41, 5.74) is 2.63. The fraction of sp³-hybridized carbons (Fsp3) is 0.650. The van der Waals surface area contributed by atoms with E-state index in [4.69, 9.17) is 0 Å². The summed E-state index contributed by atoms with van der Waals surface area (Å²) in [6.45, 7) is 8.04. The molecule has 0 radical (unpaired) electrons. The molecule has 3 rings (SSSR count). The van der Waals surface area contributed by atoms with Crippen LogP contribution >= 0.6 is 0 Å². The number of piperidine rings is 1. The van der Waals surface area contributed by atoms with E-state index >= 15 is 0 Å². The number of hydrogen-bond acceptors (Lipinski definition) is 3. The molecule has 0 aliphatic carbocycles. The minimum Gasteiger partial charge on any atom is -0.355 e. The van der Waals surface area contributed by atoms with E-state index in [9.17, 15) is 4.79 Å². The zero-order valence-electron chi connectivity index (χ0n) is 15.0. The fourth-order valence-electron chi connectivity index (χ4n) is 4.07. The first-order valence-electron chi connectivity index (χ1n) is 9.50. The SMILES string of the molecule is Cc1ccccc1CCNC(=O)CN1CCCC(N2CCCC2)C1. The van der Waals surface area contributed by atoms with Crippen LogP contribution in [0.3, 0.4) is 0 Å². The molecule has 1 N–H and O–H groups in total. The van der Waals surface area contributed by atoms with Crippen LogP contribution in [-0.2, 0) is 11.2 Å². The molecule has 0 bridgehead atoms. The van der Waals surface area contributed by atoms with Crippen molar-refractivity contribution in [2.45, 2.75) is 45.1 Å².